The lowest BCUT2D eigenvalue weighted by Crippen LogP contribution is -2.48. The van der Waals surface area contributed by atoms with Gasteiger partial charge in [-0.25, -0.2) is 0 Å². The summed E-state index contributed by atoms with van der Waals surface area (Å²) in [5.41, 5.74) is 8.04. The molecule has 5 nitrogen and oxygen atoms in total. The molecule has 0 atom stereocenters. The van der Waals surface area contributed by atoms with Crippen molar-refractivity contribution in [2.45, 2.75) is 27.7 Å². The zero-order valence-electron chi connectivity index (χ0n) is 18.7. The SMILES string of the molecule is CC(=O)c1ccc(N2CCN(C(=O)c3cc(-c4ccc(C)c(C)c4)[nH]c3C)CC2)cc1. The van der Waals surface area contributed by atoms with Gasteiger partial charge in [0.05, 0.1) is 5.56 Å². The lowest BCUT2D eigenvalue weighted by Gasteiger charge is -2.36. The van der Waals surface area contributed by atoms with Crippen molar-refractivity contribution in [2.24, 2.45) is 0 Å². The van der Waals surface area contributed by atoms with Crippen LogP contribution in [-0.2, 0) is 0 Å². The molecule has 2 aromatic carbocycles. The second-order valence-electron chi connectivity index (χ2n) is 8.40. The van der Waals surface area contributed by atoms with Gasteiger partial charge in [0, 0.05) is 48.8 Å². The molecule has 1 aliphatic heterocycles. The lowest BCUT2D eigenvalue weighted by molar-refractivity contribution is 0.0746. The van der Waals surface area contributed by atoms with Crippen molar-refractivity contribution < 1.29 is 9.59 Å². The first kappa shape index (κ1) is 20.9. The van der Waals surface area contributed by atoms with E-state index in [1.54, 1.807) is 6.92 Å². The largest absolute Gasteiger partial charge is 0.368 e. The zero-order chi connectivity index (χ0) is 22.1. The maximum absolute atomic E-state index is 13.2. The standard InChI is InChI=1S/C26H29N3O2/c1-17-5-6-22(15-18(17)2)25-16-24(19(3)27-25)26(31)29-13-11-28(12-14-29)23-9-7-21(8-10-23)20(4)30/h5-10,15-16,27H,11-14H2,1-4H3. The molecule has 1 saturated heterocycles. The Kier molecular flexibility index (Phi) is 5.68. The van der Waals surface area contributed by atoms with Crippen molar-refractivity contribution in [1.82, 2.24) is 9.88 Å². The van der Waals surface area contributed by atoms with Crippen LogP contribution in [0, 0.1) is 20.8 Å². The fourth-order valence-corrected chi connectivity index (χ4v) is 4.09. The van der Waals surface area contributed by atoms with Crippen LogP contribution in [0.3, 0.4) is 0 Å². The molecule has 2 heterocycles. The predicted octanol–water partition coefficient (Wildman–Crippen LogP) is 4.77. The average molecular weight is 416 g/mol. The van der Waals surface area contributed by atoms with Crippen LogP contribution in [0.4, 0.5) is 5.69 Å². The van der Waals surface area contributed by atoms with Gasteiger partial charge < -0.3 is 14.8 Å². The van der Waals surface area contributed by atoms with E-state index in [2.05, 4.69) is 41.9 Å². The summed E-state index contributed by atoms with van der Waals surface area (Å²) in [6.07, 6.45) is 0. The van der Waals surface area contributed by atoms with Gasteiger partial charge in [0.2, 0.25) is 0 Å². The topological polar surface area (TPSA) is 56.4 Å². The van der Waals surface area contributed by atoms with E-state index in [1.165, 1.54) is 11.1 Å². The molecule has 4 rings (SSSR count). The number of aromatic nitrogens is 1. The van der Waals surface area contributed by atoms with Crippen LogP contribution in [-0.4, -0.2) is 47.8 Å². The molecule has 1 aliphatic rings. The van der Waals surface area contributed by atoms with Gasteiger partial charge in [0.25, 0.3) is 5.91 Å². The van der Waals surface area contributed by atoms with E-state index in [0.29, 0.717) is 13.1 Å². The normalized spacial score (nSPS) is 14.1. The van der Waals surface area contributed by atoms with Gasteiger partial charge in [-0.15, -0.1) is 0 Å². The minimum Gasteiger partial charge on any atom is -0.368 e. The molecule has 0 unspecified atom stereocenters. The Morgan fingerprint density at radius 2 is 1.52 bits per heavy atom. The molecular formula is C26H29N3O2. The highest BCUT2D eigenvalue weighted by Crippen LogP contribution is 2.25. The van der Waals surface area contributed by atoms with Crippen molar-refractivity contribution in [3.05, 3.63) is 76.5 Å². The molecule has 5 heteroatoms. The number of carbonyl (C=O) groups is 2. The van der Waals surface area contributed by atoms with Gasteiger partial charge in [-0.2, -0.15) is 0 Å². The van der Waals surface area contributed by atoms with E-state index < -0.39 is 0 Å². The molecule has 0 bridgehead atoms. The van der Waals surface area contributed by atoms with Gasteiger partial charge in [-0.1, -0.05) is 12.1 Å². The zero-order valence-corrected chi connectivity index (χ0v) is 18.7. The van der Waals surface area contributed by atoms with E-state index in [9.17, 15) is 9.59 Å². The minimum absolute atomic E-state index is 0.0732. The van der Waals surface area contributed by atoms with E-state index >= 15 is 0 Å². The quantitative estimate of drug-likeness (QED) is 0.625. The van der Waals surface area contributed by atoms with Gasteiger partial charge in [0.15, 0.2) is 5.78 Å². The van der Waals surface area contributed by atoms with Gasteiger partial charge >= 0.3 is 0 Å². The molecule has 1 fully saturated rings. The summed E-state index contributed by atoms with van der Waals surface area (Å²) in [6, 6.07) is 16.1. The Morgan fingerprint density at radius 3 is 2.13 bits per heavy atom. The summed E-state index contributed by atoms with van der Waals surface area (Å²) < 4.78 is 0. The smallest absolute Gasteiger partial charge is 0.255 e. The molecule has 0 radical (unpaired) electrons. The van der Waals surface area contributed by atoms with E-state index in [1.807, 2.05) is 42.2 Å². The van der Waals surface area contributed by atoms with Gasteiger partial charge in [-0.05, 0) is 80.8 Å². The maximum Gasteiger partial charge on any atom is 0.255 e. The molecule has 0 saturated carbocycles. The number of carbonyl (C=O) groups excluding carboxylic acids is 2. The van der Waals surface area contributed by atoms with Crippen LogP contribution < -0.4 is 4.90 Å². The van der Waals surface area contributed by atoms with E-state index in [-0.39, 0.29) is 11.7 Å². The number of Topliss-reactive ketones (excluding diaryl/α,β-unsaturated/α-hetero) is 1. The third-order valence-electron chi connectivity index (χ3n) is 6.27. The fourth-order valence-electron chi connectivity index (χ4n) is 4.09. The van der Waals surface area contributed by atoms with Gasteiger partial charge in [0.1, 0.15) is 0 Å². The summed E-state index contributed by atoms with van der Waals surface area (Å²) >= 11 is 0. The number of aromatic amines is 1. The number of aryl methyl sites for hydroxylation is 3. The van der Waals surface area contributed by atoms with Crippen molar-refractivity contribution in [3.63, 3.8) is 0 Å². The first-order chi connectivity index (χ1) is 14.8. The number of piperazine rings is 1. The summed E-state index contributed by atoms with van der Waals surface area (Å²) in [6.45, 7) is 10.7. The highest BCUT2D eigenvalue weighted by molar-refractivity contribution is 5.97. The number of rotatable bonds is 4. The molecule has 1 N–H and O–H groups in total. The number of nitrogens with zero attached hydrogens (tertiary/aromatic N) is 2. The number of ketones is 1. The lowest BCUT2D eigenvalue weighted by atomic mass is 10.0. The number of amides is 1. The Hall–Kier alpha value is -3.34. The summed E-state index contributed by atoms with van der Waals surface area (Å²) in [4.78, 5) is 32.3. The Bertz CT molecular complexity index is 1120. The Labute approximate surface area is 183 Å². The highest BCUT2D eigenvalue weighted by atomic mass is 16.2. The van der Waals surface area contributed by atoms with E-state index in [4.69, 9.17) is 0 Å². The molecule has 0 spiro atoms. The number of benzene rings is 2. The molecule has 0 aliphatic carbocycles. The minimum atomic E-state index is 0.0732. The van der Waals surface area contributed by atoms with Crippen LogP contribution in [0.25, 0.3) is 11.3 Å². The van der Waals surface area contributed by atoms with Crippen LogP contribution in [0.2, 0.25) is 0 Å². The maximum atomic E-state index is 13.2. The number of hydrogen-bond acceptors (Lipinski definition) is 3. The molecule has 160 valence electrons. The van der Waals surface area contributed by atoms with E-state index in [0.717, 1.165) is 46.9 Å². The number of hydrogen-bond donors (Lipinski definition) is 1. The third-order valence-corrected chi connectivity index (χ3v) is 6.27. The Balaban J connectivity index is 1.44. The van der Waals surface area contributed by atoms with Crippen molar-refractivity contribution in [2.75, 3.05) is 31.1 Å². The monoisotopic (exact) mass is 415 g/mol. The first-order valence-corrected chi connectivity index (χ1v) is 10.8. The van der Waals surface area contributed by atoms with Crippen LogP contribution in [0.5, 0.6) is 0 Å². The second-order valence-corrected chi connectivity index (χ2v) is 8.40. The van der Waals surface area contributed by atoms with Crippen LogP contribution in [0.15, 0.2) is 48.5 Å². The third kappa shape index (κ3) is 4.26. The molecule has 1 aromatic heterocycles. The van der Waals surface area contributed by atoms with Crippen LogP contribution >= 0.6 is 0 Å². The first-order valence-electron chi connectivity index (χ1n) is 10.8. The van der Waals surface area contributed by atoms with Gasteiger partial charge in [-0.3, -0.25) is 9.59 Å². The highest BCUT2D eigenvalue weighted by Gasteiger charge is 2.24. The summed E-state index contributed by atoms with van der Waals surface area (Å²) in [5, 5.41) is 0. The molecule has 3 aromatic rings. The van der Waals surface area contributed by atoms with Crippen LogP contribution in [0.1, 0.15) is 44.5 Å². The summed E-state index contributed by atoms with van der Waals surface area (Å²) in [7, 11) is 0. The molecular weight excluding hydrogens is 386 g/mol. The van der Waals surface area contributed by atoms with Crippen molar-refractivity contribution >= 4 is 17.4 Å². The molecule has 1 amide bonds. The predicted molar refractivity (Wildman–Crippen MR) is 125 cm³/mol. The van der Waals surface area contributed by atoms with Crippen molar-refractivity contribution in [1.29, 1.82) is 0 Å². The molecule has 31 heavy (non-hydrogen) atoms. The average Bonchev–Trinajstić information content (AvgIpc) is 3.17. The number of H-pyrrole nitrogens is 1. The number of nitrogens with one attached hydrogen (secondary N) is 1. The Morgan fingerprint density at radius 1 is 0.839 bits per heavy atom. The number of anilines is 1. The second kappa shape index (κ2) is 8.42. The van der Waals surface area contributed by atoms with Crippen molar-refractivity contribution in [3.8, 4) is 11.3 Å². The summed E-state index contributed by atoms with van der Waals surface area (Å²) in [5.74, 6) is 0.152. The fraction of sp³-hybridized carbons (Fsp3) is 0.308.